The lowest BCUT2D eigenvalue weighted by Crippen LogP contribution is -2.37. The summed E-state index contributed by atoms with van der Waals surface area (Å²) in [7, 11) is -3.50. The third-order valence-electron chi connectivity index (χ3n) is 6.92. The lowest BCUT2D eigenvalue weighted by Gasteiger charge is -2.28. The third-order valence-corrected chi connectivity index (χ3v) is 10.3. The first-order chi connectivity index (χ1) is 21.4. The largest absolute Gasteiger partial charge is 0.468 e. The van der Waals surface area contributed by atoms with E-state index in [1.807, 2.05) is 121 Å². The Morgan fingerprint density at radius 1 is 0.578 bits per heavy atom. The summed E-state index contributed by atoms with van der Waals surface area (Å²) in [6.07, 6.45) is 0. The lowest BCUT2D eigenvalue weighted by molar-refractivity contribution is -0.137. The van der Waals surface area contributed by atoms with E-state index in [1.54, 1.807) is 0 Å². The summed E-state index contributed by atoms with van der Waals surface area (Å²) < 4.78 is 56.6. The highest BCUT2D eigenvalue weighted by molar-refractivity contribution is 7.90. The average molecular weight is 652 g/mol. The van der Waals surface area contributed by atoms with E-state index in [0.29, 0.717) is 0 Å². The van der Waals surface area contributed by atoms with Gasteiger partial charge in [0.05, 0.1) is 19.2 Å². The van der Waals surface area contributed by atoms with Gasteiger partial charge in [-0.25, -0.2) is 16.8 Å². The summed E-state index contributed by atoms with van der Waals surface area (Å²) in [4.78, 5) is 22.4. The van der Waals surface area contributed by atoms with Crippen LogP contribution in [0.1, 0.15) is 34.3 Å². The second-order valence-corrected chi connectivity index (χ2v) is 14.1. The SMILES string of the molecule is CN(C(c1ccccc1)c1ccccc1)S(=O)(=O)CC(N)=O.COC(=O)CS(=O)(=O)N(C)C(c1ccccc1)c1ccccc1. The molecule has 0 saturated heterocycles. The zero-order chi connectivity index (χ0) is 33.0. The Bertz CT molecular complexity index is 1660. The molecule has 4 aromatic rings. The molecule has 0 heterocycles. The summed E-state index contributed by atoms with van der Waals surface area (Å²) >= 11 is 0. The summed E-state index contributed by atoms with van der Waals surface area (Å²) in [6.45, 7) is 0. The van der Waals surface area contributed by atoms with E-state index in [0.717, 1.165) is 22.3 Å². The maximum Gasteiger partial charge on any atom is 0.322 e. The van der Waals surface area contributed by atoms with Crippen LogP contribution in [0.25, 0.3) is 0 Å². The molecule has 0 atom stereocenters. The second kappa shape index (κ2) is 16.1. The van der Waals surface area contributed by atoms with Crippen molar-refractivity contribution >= 4 is 31.9 Å². The van der Waals surface area contributed by atoms with Crippen LogP contribution >= 0.6 is 0 Å². The van der Waals surface area contributed by atoms with E-state index in [1.165, 1.54) is 29.8 Å². The molecule has 2 N–H and O–H groups in total. The van der Waals surface area contributed by atoms with Gasteiger partial charge >= 0.3 is 5.97 Å². The van der Waals surface area contributed by atoms with Crippen molar-refractivity contribution in [3.63, 3.8) is 0 Å². The molecule has 238 valence electrons. The van der Waals surface area contributed by atoms with E-state index in [-0.39, 0.29) is 0 Å². The van der Waals surface area contributed by atoms with Gasteiger partial charge in [0.15, 0.2) is 5.75 Å². The van der Waals surface area contributed by atoms with Gasteiger partial charge in [0.25, 0.3) is 0 Å². The monoisotopic (exact) mass is 651 g/mol. The van der Waals surface area contributed by atoms with Crippen LogP contribution in [-0.2, 0) is 34.4 Å². The van der Waals surface area contributed by atoms with Crippen LogP contribution in [0.5, 0.6) is 0 Å². The molecule has 4 aromatic carbocycles. The number of hydrogen-bond donors (Lipinski definition) is 1. The predicted octanol–water partition coefficient (Wildman–Crippen LogP) is 3.73. The van der Waals surface area contributed by atoms with Crippen molar-refractivity contribution in [2.75, 3.05) is 32.7 Å². The molecule has 0 radical (unpaired) electrons. The van der Waals surface area contributed by atoms with Gasteiger partial charge in [-0.05, 0) is 22.3 Å². The highest BCUT2D eigenvalue weighted by atomic mass is 32.2. The fourth-order valence-corrected chi connectivity index (χ4v) is 6.99. The van der Waals surface area contributed by atoms with Gasteiger partial charge in [-0.2, -0.15) is 8.61 Å². The molecule has 12 heteroatoms. The number of benzene rings is 4. The van der Waals surface area contributed by atoms with Gasteiger partial charge in [0.2, 0.25) is 26.0 Å². The summed E-state index contributed by atoms with van der Waals surface area (Å²) in [5.74, 6) is -3.04. The standard InChI is InChI=1S/C17H19NO4S.C16H18N2O3S/c1-18(23(20,21)13-16(19)22-2)17(14-9-5-3-6-10-14)15-11-7-4-8-12-15;1-18(22(20,21)12-15(17)19)16(13-8-4-2-5-9-13)14-10-6-3-7-11-14/h3-12,17H,13H2,1-2H3;2-11,16H,12H2,1H3,(H2,17,19). The number of carbonyl (C=O) groups excluding carboxylic acids is 2. The van der Waals surface area contributed by atoms with Crippen LogP contribution in [0, 0.1) is 0 Å². The van der Waals surface area contributed by atoms with Crippen molar-refractivity contribution in [2.24, 2.45) is 5.73 Å². The first kappa shape index (κ1) is 35.1. The van der Waals surface area contributed by atoms with Gasteiger partial charge in [0, 0.05) is 14.1 Å². The molecular weight excluding hydrogens is 615 g/mol. The zero-order valence-corrected chi connectivity index (χ0v) is 26.9. The summed E-state index contributed by atoms with van der Waals surface area (Å²) in [5, 5.41) is 0. The number of methoxy groups -OCH3 is 1. The van der Waals surface area contributed by atoms with Crippen LogP contribution in [0.3, 0.4) is 0 Å². The van der Waals surface area contributed by atoms with Crippen LogP contribution in [-0.4, -0.2) is 70.0 Å². The molecule has 45 heavy (non-hydrogen) atoms. The third kappa shape index (κ3) is 9.82. The first-order valence-electron chi connectivity index (χ1n) is 13.8. The molecule has 0 aromatic heterocycles. The highest BCUT2D eigenvalue weighted by Gasteiger charge is 2.31. The molecule has 0 unspecified atom stereocenters. The number of esters is 1. The maximum absolute atomic E-state index is 12.5. The molecule has 4 rings (SSSR count). The number of carbonyl (C=O) groups is 2. The molecule has 0 aliphatic carbocycles. The fourth-order valence-electron chi connectivity index (χ4n) is 4.68. The molecule has 10 nitrogen and oxygen atoms in total. The van der Waals surface area contributed by atoms with E-state index in [9.17, 15) is 26.4 Å². The lowest BCUT2D eigenvalue weighted by atomic mass is 9.99. The molecule has 1 amide bonds. The van der Waals surface area contributed by atoms with Crippen molar-refractivity contribution in [3.8, 4) is 0 Å². The molecule has 0 bridgehead atoms. The van der Waals surface area contributed by atoms with Crippen LogP contribution in [0.2, 0.25) is 0 Å². The van der Waals surface area contributed by atoms with Crippen molar-refractivity contribution in [1.82, 2.24) is 8.61 Å². The minimum atomic E-state index is -3.81. The molecule has 0 fully saturated rings. The summed E-state index contributed by atoms with van der Waals surface area (Å²) in [5.41, 5.74) is 8.35. The second-order valence-electron chi connectivity index (χ2n) is 10.0. The Morgan fingerprint density at radius 3 is 1.09 bits per heavy atom. The van der Waals surface area contributed by atoms with E-state index < -0.39 is 55.5 Å². The van der Waals surface area contributed by atoms with Gasteiger partial charge in [-0.3, -0.25) is 9.59 Å². The molecule has 0 aliphatic rings. The van der Waals surface area contributed by atoms with Crippen molar-refractivity contribution in [2.45, 2.75) is 12.1 Å². The Morgan fingerprint density at radius 2 is 0.844 bits per heavy atom. The van der Waals surface area contributed by atoms with Gasteiger partial charge < -0.3 is 10.5 Å². The number of sulfonamides is 2. The molecule has 0 aliphatic heterocycles. The fraction of sp³-hybridized carbons (Fsp3) is 0.212. The zero-order valence-electron chi connectivity index (χ0n) is 25.3. The number of ether oxygens (including phenoxy) is 1. The number of amides is 1. The Labute approximate surface area is 265 Å². The van der Waals surface area contributed by atoms with Crippen LogP contribution < -0.4 is 5.73 Å². The number of hydrogen-bond acceptors (Lipinski definition) is 7. The molecular formula is C33H37N3O7S2. The highest BCUT2D eigenvalue weighted by Crippen LogP contribution is 2.30. The first-order valence-corrected chi connectivity index (χ1v) is 17.1. The minimum absolute atomic E-state index is 0.507. The van der Waals surface area contributed by atoms with Gasteiger partial charge in [-0.1, -0.05) is 121 Å². The van der Waals surface area contributed by atoms with Crippen LogP contribution in [0.15, 0.2) is 121 Å². The topological polar surface area (TPSA) is 144 Å². The summed E-state index contributed by atoms with van der Waals surface area (Å²) in [6, 6.07) is 36.1. The number of primary amides is 1. The quantitative estimate of drug-likeness (QED) is 0.230. The van der Waals surface area contributed by atoms with Crippen molar-refractivity contribution in [1.29, 1.82) is 0 Å². The Hall–Kier alpha value is -4.36. The Balaban J connectivity index is 0.000000246. The van der Waals surface area contributed by atoms with Crippen molar-refractivity contribution in [3.05, 3.63) is 144 Å². The Kier molecular flexibility index (Phi) is 12.6. The normalized spacial score (nSPS) is 11.7. The maximum atomic E-state index is 12.5. The minimum Gasteiger partial charge on any atom is -0.468 e. The van der Waals surface area contributed by atoms with Crippen molar-refractivity contribution < 1.29 is 31.2 Å². The number of nitrogens with two attached hydrogens (primary N) is 1. The predicted molar refractivity (Wildman–Crippen MR) is 174 cm³/mol. The van der Waals surface area contributed by atoms with E-state index >= 15 is 0 Å². The van der Waals surface area contributed by atoms with E-state index in [4.69, 9.17) is 5.73 Å². The average Bonchev–Trinajstić information content (AvgIpc) is 3.03. The number of nitrogens with zero attached hydrogens (tertiary/aromatic N) is 2. The van der Waals surface area contributed by atoms with Crippen LogP contribution in [0.4, 0.5) is 0 Å². The van der Waals surface area contributed by atoms with Gasteiger partial charge in [-0.15, -0.1) is 0 Å². The van der Waals surface area contributed by atoms with Gasteiger partial charge in [0.1, 0.15) is 5.75 Å². The molecule has 0 spiro atoms. The molecule has 0 saturated carbocycles. The number of rotatable bonds is 12. The van der Waals surface area contributed by atoms with E-state index in [2.05, 4.69) is 4.74 Å². The smallest absolute Gasteiger partial charge is 0.322 e.